The molecule has 0 saturated carbocycles. The predicted molar refractivity (Wildman–Crippen MR) is 86.9 cm³/mol. The normalized spacial score (nSPS) is 11.7. The van der Waals surface area contributed by atoms with E-state index < -0.39 is 5.92 Å². The van der Waals surface area contributed by atoms with Crippen molar-refractivity contribution in [2.24, 2.45) is 5.92 Å². The Kier molecular flexibility index (Phi) is 5.24. The van der Waals surface area contributed by atoms with Crippen molar-refractivity contribution in [3.8, 4) is 11.8 Å². The first-order valence-electron chi connectivity index (χ1n) is 6.90. The van der Waals surface area contributed by atoms with Crippen molar-refractivity contribution in [2.45, 2.75) is 25.9 Å². The molecule has 118 valence electrons. The summed E-state index contributed by atoms with van der Waals surface area (Å²) < 4.78 is 1.57. The summed E-state index contributed by atoms with van der Waals surface area (Å²) in [5.74, 6) is -1.28. The molecule has 2 aromatic rings. The number of hydrogen-bond acceptors (Lipinski definition) is 7. The van der Waals surface area contributed by atoms with Crippen LogP contribution in [-0.4, -0.2) is 37.5 Å². The minimum atomic E-state index is -1.01. The fourth-order valence-corrected chi connectivity index (χ4v) is 2.88. The second-order valence-electron chi connectivity index (χ2n) is 5.16. The van der Waals surface area contributed by atoms with Gasteiger partial charge in [0.05, 0.1) is 17.5 Å². The molecule has 2 rings (SSSR count). The molecule has 1 heterocycles. The SMILES string of the molecule is CC(=N)[C@H](C#N)C(=O)CSc1nnnn1-c1ccc(C)cc1C. The van der Waals surface area contributed by atoms with Gasteiger partial charge in [-0.2, -0.15) is 9.94 Å². The van der Waals surface area contributed by atoms with Crippen LogP contribution in [0.3, 0.4) is 0 Å². The van der Waals surface area contributed by atoms with Gasteiger partial charge in [0.25, 0.3) is 0 Å². The number of thioether (sulfide) groups is 1. The average Bonchev–Trinajstić information content (AvgIpc) is 2.93. The monoisotopic (exact) mass is 328 g/mol. The van der Waals surface area contributed by atoms with Crippen LogP contribution >= 0.6 is 11.8 Å². The summed E-state index contributed by atoms with van der Waals surface area (Å²) in [4.78, 5) is 12.0. The van der Waals surface area contributed by atoms with E-state index in [4.69, 9.17) is 10.7 Å². The summed E-state index contributed by atoms with van der Waals surface area (Å²) in [5.41, 5.74) is 3.06. The Morgan fingerprint density at radius 1 is 1.48 bits per heavy atom. The Bertz CT molecular complexity index is 792. The van der Waals surface area contributed by atoms with Crippen molar-refractivity contribution < 1.29 is 4.79 Å². The lowest BCUT2D eigenvalue weighted by Gasteiger charge is -2.09. The van der Waals surface area contributed by atoms with Crippen LogP contribution in [0, 0.1) is 36.5 Å². The number of nitrogens with zero attached hydrogens (tertiary/aromatic N) is 5. The van der Waals surface area contributed by atoms with E-state index in [1.54, 1.807) is 4.68 Å². The highest BCUT2D eigenvalue weighted by molar-refractivity contribution is 7.99. The maximum atomic E-state index is 12.0. The first kappa shape index (κ1) is 16.8. The Balaban J connectivity index is 2.18. The summed E-state index contributed by atoms with van der Waals surface area (Å²) in [6.45, 7) is 5.43. The number of nitrogens with one attached hydrogen (secondary N) is 1. The van der Waals surface area contributed by atoms with Gasteiger partial charge in [-0.1, -0.05) is 29.5 Å². The molecule has 8 heteroatoms. The Hall–Kier alpha value is -2.53. The molecule has 0 fully saturated rings. The minimum absolute atomic E-state index is 0.0414. The fourth-order valence-electron chi connectivity index (χ4n) is 2.09. The molecule has 0 amide bonds. The number of tetrazole rings is 1. The lowest BCUT2D eigenvalue weighted by molar-refractivity contribution is -0.117. The van der Waals surface area contributed by atoms with Crippen LogP contribution in [-0.2, 0) is 4.79 Å². The standard InChI is InChI=1S/C15H16N6OS/c1-9-4-5-13(10(2)6-9)21-15(18-19-20-21)23-8-14(22)12(7-16)11(3)17/h4-6,12,17H,8H2,1-3H3/t12-/m0/s1. The summed E-state index contributed by atoms with van der Waals surface area (Å²) >= 11 is 1.16. The molecule has 0 aliphatic heterocycles. The van der Waals surface area contributed by atoms with Crippen molar-refractivity contribution in [1.82, 2.24) is 20.2 Å². The number of carbonyl (C=O) groups excluding carboxylic acids is 1. The third-order valence-corrected chi connectivity index (χ3v) is 4.19. The average molecular weight is 328 g/mol. The van der Waals surface area contributed by atoms with E-state index in [2.05, 4.69) is 15.5 Å². The van der Waals surface area contributed by atoms with Gasteiger partial charge >= 0.3 is 0 Å². The molecule has 0 saturated heterocycles. The number of aromatic nitrogens is 4. The second-order valence-corrected chi connectivity index (χ2v) is 6.11. The zero-order valence-corrected chi connectivity index (χ0v) is 13.9. The highest BCUT2D eigenvalue weighted by Gasteiger charge is 2.21. The highest BCUT2D eigenvalue weighted by atomic mass is 32.2. The van der Waals surface area contributed by atoms with Crippen LogP contribution in [0.15, 0.2) is 23.4 Å². The Morgan fingerprint density at radius 3 is 2.83 bits per heavy atom. The third-order valence-electron chi connectivity index (χ3n) is 3.25. The molecule has 0 bridgehead atoms. The quantitative estimate of drug-likeness (QED) is 0.642. The second kappa shape index (κ2) is 7.15. The molecule has 1 aromatic carbocycles. The molecular weight excluding hydrogens is 312 g/mol. The number of aryl methyl sites for hydroxylation is 2. The van der Waals surface area contributed by atoms with Gasteiger partial charge in [-0.05, 0) is 42.8 Å². The van der Waals surface area contributed by atoms with Crippen LogP contribution in [0.25, 0.3) is 5.69 Å². The first-order chi connectivity index (χ1) is 10.9. The molecule has 0 spiro atoms. The number of hydrogen-bond donors (Lipinski definition) is 1. The smallest absolute Gasteiger partial charge is 0.214 e. The molecule has 0 unspecified atom stereocenters. The van der Waals surface area contributed by atoms with E-state index in [-0.39, 0.29) is 17.2 Å². The van der Waals surface area contributed by atoms with Crippen molar-refractivity contribution in [3.63, 3.8) is 0 Å². The van der Waals surface area contributed by atoms with Crippen LogP contribution in [0.1, 0.15) is 18.1 Å². The van der Waals surface area contributed by atoms with Gasteiger partial charge in [-0.15, -0.1) is 5.10 Å². The van der Waals surface area contributed by atoms with Crippen molar-refractivity contribution in [2.75, 3.05) is 5.75 Å². The summed E-state index contributed by atoms with van der Waals surface area (Å²) in [6.07, 6.45) is 0. The van der Waals surface area contributed by atoms with E-state index in [0.717, 1.165) is 28.6 Å². The van der Waals surface area contributed by atoms with Gasteiger partial charge in [0.1, 0.15) is 5.92 Å². The van der Waals surface area contributed by atoms with E-state index in [1.165, 1.54) is 6.92 Å². The fraction of sp³-hybridized carbons (Fsp3) is 0.333. The number of rotatable bonds is 6. The predicted octanol–water partition coefficient (Wildman–Crippen LogP) is 2.12. The number of ketones is 1. The summed E-state index contributed by atoms with van der Waals surface area (Å²) in [6, 6.07) is 7.76. The highest BCUT2D eigenvalue weighted by Crippen LogP contribution is 2.22. The Labute approximate surface area is 138 Å². The van der Waals surface area contributed by atoms with E-state index >= 15 is 0 Å². The van der Waals surface area contributed by atoms with Gasteiger partial charge < -0.3 is 5.41 Å². The number of nitriles is 1. The summed E-state index contributed by atoms with van der Waals surface area (Å²) in [7, 11) is 0. The van der Waals surface area contributed by atoms with Crippen LogP contribution in [0.2, 0.25) is 0 Å². The number of Topliss-reactive ketones (excluding diaryl/α,β-unsaturated/α-hetero) is 1. The molecular formula is C15H16N6OS. The van der Waals surface area contributed by atoms with Crippen molar-refractivity contribution in [3.05, 3.63) is 29.3 Å². The van der Waals surface area contributed by atoms with Crippen LogP contribution in [0.4, 0.5) is 0 Å². The van der Waals surface area contributed by atoms with Crippen LogP contribution in [0.5, 0.6) is 0 Å². The van der Waals surface area contributed by atoms with Gasteiger partial charge in [-0.25, -0.2) is 0 Å². The number of benzene rings is 1. The maximum Gasteiger partial charge on any atom is 0.214 e. The molecule has 1 N–H and O–H groups in total. The zero-order chi connectivity index (χ0) is 17.0. The van der Waals surface area contributed by atoms with Crippen molar-refractivity contribution in [1.29, 1.82) is 10.7 Å². The Morgan fingerprint density at radius 2 is 2.22 bits per heavy atom. The lowest BCUT2D eigenvalue weighted by Crippen LogP contribution is -2.21. The van der Waals surface area contributed by atoms with Gasteiger partial charge in [0.15, 0.2) is 5.78 Å². The lowest BCUT2D eigenvalue weighted by atomic mass is 10.0. The molecule has 7 nitrogen and oxygen atoms in total. The molecule has 1 aromatic heterocycles. The summed E-state index contributed by atoms with van der Waals surface area (Å²) in [5, 5.41) is 28.5. The van der Waals surface area contributed by atoms with Gasteiger partial charge in [0, 0.05) is 5.71 Å². The van der Waals surface area contributed by atoms with E-state index in [1.807, 2.05) is 38.1 Å². The molecule has 0 aliphatic rings. The molecule has 0 aliphatic carbocycles. The molecule has 1 atom stereocenters. The molecule has 0 radical (unpaired) electrons. The van der Waals surface area contributed by atoms with Gasteiger partial charge in [-0.3, -0.25) is 4.79 Å². The number of carbonyl (C=O) groups is 1. The van der Waals surface area contributed by atoms with E-state index in [0.29, 0.717) is 5.16 Å². The maximum absolute atomic E-state index is 12.0. The van der Waals surface area contributed by atoms with E-state index in [9.17, 15) is 4.79 Å². The first-order valence-corrected chi connectivity index (χ1v) is 7.88. The topological polar surface area (TPSA) is 108 Å². The molecule has 23 heavy (non-hydrogen) atoms. The van der Waals surface area contributed by atoms with Crippen LogP contribution < -0.4 is 0 Å². The minimum Gasteiger partial charge on any atom is -0.308 e. The van der Waals surface area contributed by atoms with Gasteiger partial charge in [0.2, 0.25) is 5.16 Å². The largest absolute Gasteiger partial charge is 0.308 e. The van der Waals surface area contributed by atoms with Crippen molar-refractivity contribution >= 4 is 23.3 Å². The zero-order valence-electron chi connectivity index (χ0n) is 13.1. The third kappa shape index (κ3) is 3.81.